The lowest BCUT2D eigenvalue weighted by Gasteiger charge is -2.19. The number of nitrogens with zero attached hydrogens (tertiary/aromatic N) is 3. The summed E-state index contributed by atoms with van der Waals surface area (Å²) in [5.41, 5.74) is 7.67. The van der Waals surface area contributed by atoms with Gasteiger partial charge in [0.15, 0.2) is 0 Å². The number of nitro benzene ring substituents is 1. The summed E-state index contributed by atoms with van der Waals surface area (Å²) >= 11 is 0. The standard InChI is InChI=1S/C19H17N5O3/c1-27-19-15(24(25)26)7-5-13(9-21)17(19)16-12(8-20)4-6-14(22)18(16)23-10-11-2-3-11/h4-7,11,23H,2-3,10,22H2,1H3. The molecular formula is C19H17N5O3. The van der Waals surface area contributed by atoms with Crippen LogP contribution >= 0.6 is 0 Å². The molecule has 2 aromatic carbocycles. The van der Waals surface area contributed by atoms with Crippen molar-refractivity contribution in [1.82, 2.24) is 0 Å². The fourth-order valence-electron chi connectivity index (χ4n) is 2.99. The molecule has 8 heteroatoms. The molecule has 0 aromatic heterocycles. The number of anilines is 2. The first-order valence-corrected chi connectivity index (χ1v) is 8.34. The highest BCUT2D eigenvalue weighted by molar-refractivity contribution is 5.95. The van der Waals surface area contributed by atoms with Crippen LogP contribution in [0.1, 0.15) is 24.0 Å². The maximum Gasteiger partial charge on any atom is 0.311 e. The van der Waals surface area contributed by atoms with Gasteiger partial charge in [-0.05, 0) is 37.0 Å². The lowest BCUT2D eigenvalue weighted by molar-refractivity contribution is -0.385. The van der Waals surface area contributed by atoms with Crippen molar-refractivity contribution in [2.75, 3.05) is 24.7 Å². The summed E-state index contributed by atoms with van der Waals surface area (Å²) < 4.78 is 5.30. The third-order valence-electron chi connectivity index (χ3n) is 4.53. The van der Waals surface area contributed by atoms with Crippen LogP contribution in [0.2, 0.25) is 0 Å². The molecule has 136 valence electrons. The highest BCUT2D eigenvalue weighted by Crippen LogP contribution is 2.46. The molecule has 0 saturated heterocycles. The predicted molar refractivity (Wildman–Crippen MR) is 100 cm³/mol. The zero-order valence-corrected chi connectivity index (χ0v) is 14.7. The van der Waals surface area contributed by atoms with Gasteiger partial charge in [-0.15, -0.1) is 0 Å². The monoisotopic (exact) mass is 363 g/mol. The van der Waals surface area contributed by atoms with Gasteiger partial charge in [-0.1, -0.05) is 0 Å². The third-order valence-corrected chi connectivity index (χ3v) is 4.53. The van der Waals surface area contributed by atoms with Crippen molar-refractivity contribution in [2.24, 2.45) is 5.92 Å². The summed E-state index contributed by atoms with van der Waals surface area (Å²) in [7, 11) is 1.29. The molecule has 0 unspecified atom stereocenters. The van der Waals surface area contributed by atoms with E-state index in [2.05, 4.69) is 11.4 Å². The van der Waals surface area contributed by atoms with Gasteiger partial charge in [0.2, 0.25) is 5.75 Å². The van der Waals surface area contributed by atoms with Gasteiger partial charge < -0.3 is 15.8 Å². The summed E-state index contributed by atoms with van der Waals surface area (Å²) in [5, 5.41) is 33.9. The van der Waals surface area contributed by atoms with E-state index < -0.39 is 4.92 Å². The number of nitro groups is 1. The van der Waals surface area contributed by atoms with Gasteiger partial charge in [0, 0.05) is 18.2 Å². The van der Waals surface area contributed by atoms with Crippen molar-refractivity contribution >= 4 is 17.1 Å². The van der Waals surface area contributed by atoms with Crippen molar-refractivity contribution in [3.8, 4) is 29.0 Å². The number of methoxy groups -OCH3 is 1. The molecule has 3 rings (SSSR count). The molecule has 3 N–H and O–H groups in total. The van der Waals surface area contributed by atoms with Crippen molar-refractivity contribution in [2.45, 2.75) is 12.8 Å². The molecule has 0 amide bonds. The number of nitrogens with one attached hydrogen (secondary N) is 1. The zero-order chi connectivity index (χ0) is 19.6. The molecule has 2 aromatic rings. The maximum absolute atomic E-state index is 11.4. The number of hydrogen-bond acceptors (Lipinski definition) is 7. The van der Waals surface area contributed by atoms with E-state index in [-0.39, 0.29) is 28.1 Å². The number of hydrogen-bond donors (Lipinski definition) is 2. The Bertz CT molecular complexity index is 1000. The van der Waals surface area contributed by atoms with E-state index in [0.717, 1.165) is 12.8 Å². The van der Waals surface area contributed by atoms with E-state index in [9.17, 15) is 20.6 Å². The minimum Gasteiger partial charge on any atom is -0.490 e. The van der Waals surface area contributed by atoms with Crippen LogP contribution in [-0.4, -0.2) is 18.6 Å². The van der Waals surface area contributed by atoms with Crippen molar-refractivity contribution in [3.05, 3.63) is 45.5 Å². The van der Waals surface area contributed by atoms with Crippen molar-refractivity contribution < 1.29 is 9.66 Å². The zero-order valence-electron chi connectivity index (χ0n) is 14.7. The quantitative estimate of drug-likeness (QED) is 0.455. The Morgan fingerprint density at radius 1 is 1.22 bits per heavy atom. The topological polar surface area (TPSA) is 138 Å². The van der Waals surface area contributed by atoms with E-state index in [1.807, 2.05) is 6.07 Å². The Morgan fingerprint density at radius 3 is 2.41 bits per heavy atom. The van der Waals surface area contributed by atoms with Crippen LogP contribution in [-0.2, 0) is 0 Å². The van der Waals surface area contributed by atoms with Crippen LogP contribution in [0.15, 0.2) is 24.3 Å². The van der Waals surface area contributed by atoms with Gasteiger partial charge in [-0.3, -0.25) is 10.1 Å². The highest BCUT2D eigenvalue weighted by atomic mass is 16.6. The van der Waals surface area contributed by atoms with Crippen LogP contribution < -0.4 is 15.8 Å². The van der Waals surface area contributed by atoms with Crippen LogP contribution in [0.3, 0.4) is 0 Å². The molecule has 1 aliphatic carbocycles. The molecule has 8 nitrogen and oxygen atoms in total. The highest BCUT2D eigenvalue weighted by Gasteiger charge is 2.28. The van der Waals surface area contributed by atoms with E-state index in [1.165, 1.54) is 25.3 Å². The lowest BCUT2D eigenvalue weighted by Crippen LogP contribution is -2.09. The van der Waals surface area contributed by atoms with E-state index in [1.54, 1.807) is 6.07 Å². The summed E-state index contributed by atoms with van der Waals surface area (Å²) in [4.78, 5) is 10.8. The maximum atomic E-state index is 11.4. The Balaban J connectivity index is 2.34. The summed E-state index contributed by atoms with van der Waals surface area (Å²) in [6.45, 7) is 0.672. The average molecular weight is 363 g/mol. The molecule has 0 atom stereocenters. The number of benzene rings is 2. The number of nitrogen functional groups attached to an aromatic ring is 1. The minimum absolute atomic E-state index is 0.0735. The summed E-state index contributed by atoms with van der Waals surface area (Å²) in [6, 6.07) is 9.82. The third kappa shape index (κ3) is 3.33. The second-order valence-electron chi connectivity index (χ2n) is 6.30. The predicted octanol–water partition coefficient (Wildman–Crippen LogP) is 3.42. The van der Waals surface area contributed by atoms with Crippen LogP contribution in [0, 0.1) is 38.7 Å². The summed E-state index contributed by atoms with van der Waals surface area (Å²) in [5.74, 6) is 0.459. The second kappa shape index (κ2) is 7.22. The first-order chi connectivity index (χ1) is 13.0. The smallest absolute Gasteiger partial charge is 0.311 e. The van der Waals surface area contributed by atoms with E-state index >= 15 is 0 Å². The van der Waals surface area contributed by atoms with Gasteiger partial charge in [-0.2, -0.15) is 10.5 Å². The molecule has 1 aliphatic rings. The molecule has 1 fully saturated rings. The second-order valence-corrected chi connectivity index (χ2v) is 6.30. The fraction of sp³-hybridized carbons (Fsp3) is 0.263. The van der Waals surface area contributed by atoms with Gasteiger partial charge in [-0.25, -0.2) is 0 Å². The minimum atomic E-state index is -0.584. The average Bonchev–Trinajstić information content (AvgIpc) is 3.49. The van der Waals surface area contributed by atoms with Gasteiger partial charge in [0.1, 0.15) is 0 Å². The Labute approximate surface area is 155 Å². The van der Waals surface area contributed by atoms with Crippen molar-refractivity contribution in [3.63, 3.8) is 0 Å². The van der Waals surface area contributed by atoms with Gasteiger partial charge >= 0.3 is 5.69 Å². The molecule has 0 radical (unpaired) electrons. The van der Waals surface area contributed by atoms with Crippen LogP contribution in [0.4, 0.5) is 17.1 Å². The number of nitriles is 2. The van der Waals surface area contributed by atoms with E-state index in [0.29, 0.717) is 29.4 Å². The van der Waals surface area contributed by atoms with Crippen LogP contribution in [0.25, 0.3) is 11.1 Å². The van der Waals surface area contributed by atoms with Gasteiger partial charge in [0.05, 0.1) is 52.2 Å². The molecule has 0 bridgehead atoms. The van der Waals surface area contributed by atoms with Gasteiger partial charge in [0.25, 0.3) is 0 Å². The van der Waals surface area contributed by atoms with Crippen LogP contribution in [0.5, 0.6) is 5.75 Å². The normalized spacial score (nSPS) is 12.7. The fourth-order valence-corrected chi connectivity index (χ4v) is 2.99. The number of rotatable bonds is 6. The Kier molecular flexibility index (Phi) is 4.82. The Morgan fingerprint density at radius 2 is 1.85 bits per heavy atom. The first kappa shape index (κ1) is 18.0. The van der Waals surface area contributed by atoms with Crippen molar-refractivity contribution in [1.29, 1.82) is 10.5 Å². The summed E-state index contributed by atoms with van der Waals surface area (Å²) in [6.07, 6.45) is 2.23. The molecule has 27 heavy (non-hydrogen) atoms. The molecule has 0 heterocycles. The molecule has 0 aliphatic heterocycles. The first-order valence-electron chi connectivity index (χ1n) is 8.34. The largest absolute Gasteiger partial charge is 0.490 e. The molecule has 0 spiro atoms. The number of ether oxygens (including phenoxy) is 1. The number of nitrogens with two attached hydrogens (primary N) is 1. The molecule has 1 saturated carbocycles. The van der Waals surface area contributed by atoms with E-state index in [4.69, 9.17) is 10.5 Å². The molecular weight excluding hydrogens is 346 g/mol. The lowest BCUT2D eigenvalue weighted by atomic mass is 9.92. The Hall–Kier alpha value is -3.78. The SMILES string of the molecule is COc1c([N+](=O)[O-])ccc(C#N)c1-c1c(C#N)ccc(N)c1NCC1CC1.